The summed E-state index contributed by atoms with van der Waals surface area (Å²) < 4.78 is 5.41. The van der Waals surface area contributed by atoms with Gasteiger partial charge in [0.05, 0.1) is 6.54 Å². The van der Waals surface area contributed by atoms with Gasteiger partial charge in [0, 0.05) is 6.54 Å². The topological polar surface area (TPSA) is 63.0 Å². The average Bonchev–Trinajstić information content (AvgIpc) is 2.73. The number of nitrogens with one attached hydrogen (secondary N) is 2. The lowest BCUT2D eigenvalue weighted by atomic mass is 10.2. The van der Waals surface area contributed by atoms with Crippen molar-refractivity contribution in [3.8, 4) is 0 Å². The van der Waals surface area contributed by atoms with Crippen molar-refractivity contribution in [2.75, 3.05) is 18.4 Å². The largest absolute Gasteiger partial charge is 0.407 e. The normalized spacial score (nSPS) is 10.6. The fourth-order valence-electron chi connectivity index (χ4n) is 1.34. The molecule has 1 aromatic heterocycles. The predicted octanol–water partition coefficient (Wildman–Crippen LogP) is 2.17. The van der Waals surface area contributed by atoms with Crippen molar-refractivity contribution in [3.05, 3.63) is 5.89 Å². The number of unbranched alkanes of at least 4 members (excludes halogenated alkanes) is 2. The Morgan fingerprint density at radius 3 is 2.69 bits per heavy atom. The summed E-state index contributed by atoms with van der Waals surface area (Å²) in [6, 6.07) is 0.532. The monoisotopic (exact) mass is 226 g/mol. The molecule has 0 aliphatic heterocycles. The number of rotatable bonds is 9. The number of nitrogens with zero attached hydrogens (tertiary/aromatic N) is 2. The Bertz CT molecular complexity index is 275. The molecule has 5 heteroatoms. The molecule has 0 saturated carbocycles. The van der Waals surface area contributed by atoms with Gasteiger partial charge in [0.15, 0.2) is 0 Å². The van der Waals surface area contributed by atoms with Gasteiger partial charge in [-0.1, -0.05) is 31.8 Å². The standard InChI is InChI=1S/C11H22N4O/c1-3-5-6-8-13-11-15-14-10(16-11)9-12-7-4-2/h12H,3-9H2,1-2H3,(H,13,15). The second-order valence-corrected chi connectivity index (χ2v) is 3.81. The van der Waals surface area contributed by atoms with Crippen LogP contribution in [0, 0.1) is 0 Å². The molecule has 1 heterocycles. The van der Waals surface area contributed by atoms with E-state index in [0.717, 1.165) is 25.9 Å². The van der Waals surface area contributed by atoms with Crippen LogP contribution >= 0.6 is 0 Å². The first-order chi connectivity index (χ1) is 7.86. The molecule has 92 valence electrons. The van der Waals surface area contributed by atoms with Crippen LogP contribution < -0.4 is 10.6 Å². The van der Waals surface area contributed by atoms with Gasteiger partial charge < -0.3 is 15.1 Å². The summed E-state index contributed by atoms with van der Waals surface area (Å²) in [5.41, 5.74) is 0. The molecule has 0 radical (unpaired) electrons. The van der Waals surface area contributed by atoms with Crippen LogP contribution in [0.4, 0.5) is 6.01 Å². The fraction of sp³-hybridized carbons (Fsp3) is 0.818. The predicted molar refractivity (Wildman–Crippen MR) is 64.3 cm³/mol. The minimum absolute atomic E-state index is 0.532. The Labute approximate surface area is 97.0 Å². The molecule has 0 aromatic carbocycles. The third-order valence-electron chi connectivity index (χ3n) is 2.23. The third kappa shape index (κ3) is 5.11. The van der Waals surface area contributed by atoms with E-state index in [4.69, 9.17) is 4.42 Å². The molecule has 0 unspecified atom stereocenters. The first-order valence-corrected chi connectivity index (χ1v) is 6.13. The van der Waals surface area contributed by atoms with Crippen LogP contribution in [0.5, 0.6) is 0 Å². The van der Waals surface area contributed by atoms with Gasteiger partial charge in [-0.15, -0.1) is 5.10 Å². The highest BCUT2D eigenvalue weighted by molar-refractivity contribution is 5.16. The molecule has 1 aromatic rings. The average molecular weight is 226 g/mol. The molecule has 0 saturated heterocycles. The Kier molecular flexibility index (Phi) is 6.56. The van der Waals surface area contributed by atoms with Gasteiger partial charge in [-0.3, -0.25) is 0 Å². The van der Waals surface area contributed by atoms with E-state index in [0.29, 0.717) is 18.5 Å². The van der Waals surface area contributed by atoms with Crippen LogP contribution in [-0.2, 0) is 6.54 Å². The fourth-order valence-corrected chi connectivity index (χ4v) is 1.34. The van der Waals surface area contributed by atoms with E-state index in [9.17, 15) is 0 Å². The van der Waals surface area contributed by atoms with E-state index in [1.165, 1.54) is 12.8 Å². The van der Waals surface area contributed by atoms with Gasteiger partial charge in [0.25, 0.3) is 0 Å². The molecule has 1 rings (SSSR count). The molecule has 0 aliphatic rings. The lowest BCUT2D eigenvalue weighted by Gasteiger charge is -1.99. The lowest BCUT2D eigenvalue weighted by Crippen LogP contribution is -2.13. The summed E-state index contributed by atoms with van der Waals surface area (Å²) >= 11 is 0. The van der Waals surface area contributed by atoms with E-state index in [1.54, 1.807) is 0 Å². The van der Waals surface area contributed by atoms with Crippen LogP contribution in [0.2, 0.25) is 0 Å². The Morgan fingerprint density at radius 2 is 1.94 bits per heavy atom. The Hall–Kier alpha value is -1.10. The molecular weight excluding hydrogens is 204 g/mol. The van der Waals surface area contributed by atoms with Crippen molar-refractivity contribution in [2.45, 2.75) is 46.1 Å². The summed E-state index contributed by atoms with van der Waals surface area (Å²) in [4.78, 5) is 0. The van der Waals surface area contributed by atoms with E-state index < -0.39 is 0 Å². The summed E-state index contributed by atoms with van der Waals surface area (Å²) in [5, 5.41) is 14.2. The SMILES string of the molecule is CCCCCNc1nnc(CNCCC)o1. The van der Waals surface area contributed by atoms with Gasteiger partial charge in [-0.05, 0) is 19.4 Å². The van der Waals surface area contributed by atoms with E-state index in [1.807, 2.05) is 0 Å². The maximum Gasteiger partial charge on any atom is 0.315 e. The molecule has 16 heavy (non-hydrogen) atoms. The third-order valence-corrected chi connectivity index (χ3v) is 2.23. The van der Waals surface area contributed by atoms with Crippen molar-refractivity contribution in [1.82, 2.24) is 15.5 Å². The zero-order chi connectivity index (χ0) is 11.6. The first-order valence-electron chi connectivity index (χ1n) is 6.13. The minimum atomic E-state index is 0.532. The van der Waals surface area contributed by atoms with Gasteiger partial charge >= 0.3 is 6.01 Å². The van der Waals surface area contributed by atoms with Gasteiger partial charge in [-0.25, -0.2) is 0 Å². The molecule has 0 bridgehead atoms. The molecule has 5 nitrogen and oxygen atoms in total. The molecule has 0 amide bonds. The minimum Gasteiger partial charge on any atom is -0.407 e. The molecule has 0 spiro atoms. The summed E-state index contributed by atoms with van der Waals surface area (Å²) in [7, 11) is 0. The molecule has 0 atom stereocenters. The van der Waals surface area contributed by atoms with E-state index in [2.05, 4.69) is 34.7 Å². The number of anilines is 1. The number of aromatic nitrogens is 2. The van der Waals surface area contributed by atoms with E-state index >= 15 is 0 Å². The van der Waals surface area contributed by atoms with Crippen LogP contribution in [0.25, 0.3) is 0 Å². The van der Waals surface area contributed by atoms with Gasteiger partial charge in [0.2, 0.25) is 5.89 Å². The highest BCUT2D eigenvalue weighted by atomic mass is 16.4. The quantitative estimate of drug-likeness (QED) is 0.632. The van der Waals surface area contributed by atoms with Crippen molar-refractivity contribution >= 4 is 6.01 Å². The lowest BCUT2D eigenvalue weighted by molar-refractivity contribution is 0.476. The molecule has 0 aliphatic carbocycles. The second-order valence-electron chi connectivity index (χ2n) is 3.81. The summed E-state index contributed by atoms with van der Waals surface area (Å²) in [6.45, 7) is 6.84. The van der Waals surface area contributed by atoms with Crippen molar-refractivity contribution in [1.29, 1.82) is 0 Å². The molecular formula is C11H22N4O. The highest BCUT2D eigenvalue weighted by Gasteiger charge is 2.03. The maximum atomic E-state index is 5.41. The summed E-state index contributed by atoms with van der Waals surface area (Å²) in [6.07, 6.45) is 4.70. The highest BCUT2D eigenvalue weighted by Crippen LogP contribution is 2.05. The van der Waals surface area contributed by atoms with Gasteiger partial charge in [0.1, 0.15) is 0 Å². The van der Waals surface area contributed by atoms with Crippen LogP contribution in [0.3, 0.4) is 0 Å². The van der Waals surface area contributed by atoms with Crippen LogP contribution in [0.15, 0.2) is 4.42 Å². The second kappa shape index (κ2) is 8.10. The van der Waals surface area contributed by atoms with Crippen molar-refractivity contribution in [2.24, 2.45) is 0 Å². The zero-order valence-electron chi connectivity index (χ0n) is 10.3. The van der Waals surface area contributed by atoms with E-state index in [-0.39, 0.29) is 0 Å². The Balaban J connectivity index is 2.17. The Morgan fingerprint density at radius 1 is 1.06 bits per heavy atom. The molecule has 2 N–H and O–H groups in total. The summed E-state index contributed by atoms with van der Waals surface area (Å²) in [5.74, 6) is 0.645. The number of hydrogen-bond acceptors (Lipinski definition) is 5. The van der Waals surface area contributed by atoms with Gasteiger partial charge in [-0.2, -0.15) is 0 Å². The first kappa shape index (κ1) is 13.0. The van der Waals surface area contributed by atoms with Crippen molar-refractivity contribution < 1.29 is 4.42 Å². The number of hydrogen-bond donors (Lipinski definition) is 2. The zero-order valence-corrected chi connectivity index (χ0v) is 10.3. The van der Waals surface area contributed by atoms with Crippen LogP contribution in [-0.4, -0.2) is 23.3 Å². The molecule has 0 fully saturated rings. The maximum absolute atomic E-state index is 5.41. The van der Waals surface area contributed by atoms with Crippen LogP contribution in [0.1, 0.15) is 45.4 Å². The smallest absolute Gasteiger partial charge is 0.315 e. The van der Waals surface area contributed by atoms with Crippen molar-refractivity contribution in [3.63, 3.8) is 0 Å².